The van der Waals surface area contributed by atoms with Crippen LogP contribution in [0.2, 0.25) is 0 Å². The maximum absolute atomic E-state index is 12.5. The molecule has 1 aromatic heterocycles. The molecule has 0 bridgehead atoms. The van der Waals surface area contributed by atoms with Crippen LogP contribution in [0.15, 0.2) is 64.0 Å². The third-order valence-electron chi connectivity index (χ3n) is 3.57. The van der Waals surface area contributed by atoms with Crippen molar-refractivity contribution in [2.75, 3.05) is 0 Å². The summed E-state index contributed by atoms with van der Waals surface area (Å²) in [6.07, 6.45) is 1.23. The number of ether oxygens (including phenoxy) is 2. The molecule has 1 N–H and O–H groups in total. The Balaban J connectivity index is 1.94. The highest BCUT2D eigenvalue weighted by Gasteiger charge is 2.29. The van der Waals surface area contributed by atoms with Crippen LogP contribution in [0.1, 0.15) is 13.8 Å². The van der Waals surface area contributed by atoms with Gasteiger partial charge in [-0.05, 0) is 38.1 Å². The number of benzene rings is 2. The first-order valence-corrected chi connectivity index (χ1v) is 7.58. The molecular weight excluding hydrogens is 324 g/mol. The monoisotopic (exact) mass is 340 g/mol. The van der Waals surface area contributed by atoms with Crippen LogP contribution >= 0.6 is 0 Å². The summed E-state index contributed by atoms with van der Waals surface area (Å²) < 4.78 is 16.4. The van der Waals surface area contributed by atoms with E-state index in [2.05, 4.69) is 0 Å². The normalized spacial score (nSPS) is 11.3. The second kappa shape index (κ2) is 6.32. The number of carbonyl (C=O) groups is 1. The molecule has 0 saturated carbocycles. The van der Waals surface area contributed by atoms with Crippen LogP contribution in [-0.4, -0.2) is 16.7 Å². The van der Waals surface area contributed by atoms with Crippen molar-refractivity contribution in [2.45, 2.75) is 19.4 Å². The van der Waals surface area contributed by atoms with Gasteiger partial charge in [-0.15, -0.1) is 0 Å². The first kappa shape index (κ1) is 16.6. The van der Waals surface area contributed by atoms with Gasteiger partial charge in [0.15, 0.2) is 5.60 Å². The highest BCUT2D eigenvalue weighted by molar-refractivity contribution is 5.80. The molecule has 0 spiro atoms. The largest absolute Gasteiger partial charge is 0.478 e. The van der Waals surface area contributed by atoms with E-state index >= 15 is 0 Å². The molecule has 0 amide bonds. The lowest BCUT2D eigenvalue weighted by molar-refractivity contribution is -0.152. The SMILES string of the molecule is CC(C)(Oc1ccc2c(=O)c(Oc3ccccc3)coc2c1)C(=O)O. The van der Waals surface area contributed by atoms with Crippen LogP contribution in [0.3, 0.4) is 0 Å². The Hall–Kier alpha value is -3.28. The summed E-state index contributed by atoms with van der Waals surface area (Å²) in [4.78, 5) is 23.7. The zero-order valence-corrected chi connectivity index (χ0v) is 13.7. The van der Waals surface area contributed by atoms with Crippen molar-refractivity contribution in [3.05, 3.63) is 65.0 Å². The number of para-hydroxylation sites is 1. The second-order valence-electron chi connectivity index (χ2n) is 5.92. The Labute approximate surface area is 143 Å². The lowest BCUT2D eigenvalue weighted by atomic mass is 10.1. The fourth-order valence-electron chi connectivity index (χ4n) is 2.18. The predicted molar refractivity (Wildman–Crippen MR) is 91.3 cm³/mol. The molecule has 0 atom stereocenters. The first-order valence-electron chi connectivity index (χ1n) is 7.58. The van der Waals surface area contributed by atoms with Crippen molar-refractivity contribution in [3.8, 4) is 17.2 Å². The third-order valence-corrected chi connectivity index (χ3v) is 3.57. The molecule has 6 heteroatoms. The first-order chi connectivity index (χ1) is 11.9. The second-order valence-corrected chi connectivity index (χ2v) is 5.92. The molecule has 0 aliphatic rings. The Kier molecular flexibility index (Phi) is 4.19. The van der Waals surface area contributed by atoms with Crippen LogP contribution in [0, 0.1) is 0 Å². The van der Waals surface area contributed by atoms with Crippen LogP contribution in [0.5, 0.6) is 17.2 Å². The van der Waals surface area contributed by atoms with Crippen molar-refractivity contribution in [2.24, 2.45) is 0 Å². The Bertz CT molecular complexity index is 972. The number of carboxylic acids is 1. The molecule has 0 unspecified atom stereocenters. The lowest BCUT2D eigenvalue weighted by Gasteiger charge is -2.21. The van der Waals surface area contributed by atoms with E-state index in [0.29, 0.717) is 16.9 Å². The molecule has 3 aromatic rings. The Morgan fingerprint density at radius 1 is 1.08 bits per heavy atom. The molecule has 25 heavy (non-hydrogen) atoms. The molecule has 6 nitrogen and oxygen atoms in total. The highest BCUT2D eigenvalue weighted by atomic mass is 16.5. The van der Waals surface area contributed by atoms with Crippen molar-refractivity contribution in [1.29, 1.82) is 0 Å². The number of fused-ring (bicyclic) bond motifs is 1. The molecule has 128 valence electrons. The van der Waals surface area contributed by atoms with Gasteiger partial charge in [0.25, 0.3) is 0 Å². The number of aliphatic carboxylic acids is 1. The molecule has 0 aliphatic carbocycles. The number of carboxylic acid groups (broad SMARTS) is 1. The summed E-state index contributed by atoms with van der Waals surface area (Å²) in [5, 5.41) is 9.44. The minimum absolute atomic E-state index is 0.0678. The number of hydrogen-bond donors (Lipinski definition) is 1. The van der Waals surface area contributed by atoms with Gasteiger partial charge in [-0.1, -0.05) is 18.2 Å². The van der Waals surface area contributed by atoms with Crippen LogP contribution in [0.4, 0.5) is 0 Å². The molecule has 0 aliphatic heterocycles. The lowest BCUT2D eigenvalue weighted by Crippen LogP contribution is -2.37. The summed E-state index contributed by atoms with van der Waals surface area (Å²) in [6.45, 7) is 2.87. The summed E-state index contributed by atoms with van der Waals surface area (Å²) in [6, 6.07) is 13.4. The molecule has 0 fully saturated rings. The minimum atomic E-state index is -1.40. The van der Waals surface area contributed by atoms with Crippen molar-refractivity contribution in [1.82, 2.24) is 0 Å². The molecule has 1 heterocycles. The maximum atomic E-state index is 12.5. The fourth-order valence-corrected chi connectivity index (χ4v) is 2.18. The van der Waals surface area contributed by atoms with E-state index in [-0.39, 0.29) is 16.8 Å². The molecule has 0 saturated heterocycles. The van der Waals surface area contributed by atoms with Crippen LogP contribution < -0.4 is 14.9 Å². The van der Waals surface area contributed by atoms with E-state index in [9.17, 15) is 9.59 Å². The van der Waals surface area contributed by atoms with Crippen molar-refractivity contribution in [3.63, 3.8) is 0 Å². The number of rotatable bonds is 5. The minimum Gasteiger partial charge on any atom is -0.478 e. The summed E-state index contributed by atoms with van der Waals surface area (Å²) >= 11 is 0. The summed E-state index contributed by atoms with van der Waals surface area (Å²) in [5.74, 6) is -0.212. The average molecular weight is 340 g/mol. The van der Waals surface area contributed by atoms with E-state index in [0.717, 1.165) is 0 Å². The van der Waals surface area contributed by atoms with Gasteiger partial charge in [0.1, 0.15) is 23.3 Å². The van der Waals surface area contributed by atoms with E-state index in [4.69, 9.17) is 19.0 Å². The van der Waals surface area contributed by atoms with E-state index in [1.54, 1.807) is 24.3 Å². The van der Waals surface area contributed by atoms with Crippen molar-refractivity contribution >= 4 is 16.9 Å². The fraction of sp³-hybridized carbons (Fsp3) is 0.158. The van der Waals surface area contributed by atoms with Gasteiger partial charge in [0.05, 0.1) is 5.39 Å². The summed E-state index contributed by atoms with van der Waals surface area (Å²) in [5.41, 5.74) is -1.44. The molecule has 3 rings (SSSR count). The zero-order valence-electron chi connectivity index (χ0n) is 13.7. The Morgan fingerprint density at radius 3 is 2.48 bits per heavy atom. The Morgan fingerprint density at radius 2 is 1.80 bits per heavy atom. The predicted octanol–water partition coefficient (Wildman–Crippen LogP) is 3.83. The van der Waals surface area contributed by atoms with Gasteiger partial charge >= 0.3 is 5.97 Å². The number of hydrogen-bond acceptors (Lipinski definition) is 5. The smallest absolute Gasteiger partial charge is 0.347 e. The topological polar surface area (TPSA) is 86.0 Å². The molecule has 2 aromatic carbocycles. The van der Waals surface area contributed by atoms with Gasteiger partial charge < -0.3 is 19.0 Å². The maximum Gasteiger partial charge on any atom is 0.347 e. The zero-order chi connectivity index (χ0) is 18.0. The summed E-state index contributed by atoms with van der Waals surface area (Å²) in [7, 11) is 0. The molecular formula is C19H16O6. The van der Waals surface area contributed by atoms with Gasteiger partial charge in [-0.2, -0.15) is 0 Å². The third kappa shape index (κ3) is 3.47. The van der Waals surface area contributed by atoms with E-state index in [1.807, 2.05) is 6.07 Å². The van der Waals surface area contributed by atoms with E-state index in [1.165, 1.54) is 38.3 Å². The van der Waals surface area contributed by atoms with Gasteiger partial charge in [0.2, 0.25) is 11.2 Å². The highest BCUT2D eigenvalue weighted by Crippen LogP contribution is 2.26. The molecule has 0 radical (unpaired) electrons. The quantitative estimate of drug-likeness (QED) is 0.760. The van der Waals surface area contributed by atoms with Gasteiger partial charge in [-0.25, -0.2) is 4.79 Å². The van der Waals surface area contributed by atoms with E-state index < -0.39 is 11.6 Å². The van der Waals surface area contributed by atoms with Gasteiger partial charge in [-0.3, -0.25) is 4.79 Å². The van der Waals surface area contributed by atoms with Crippen LogP contribution in [0.25, 0.3) is 11.0 Å². The van der Waals surface area contributed by atoms with Crippen molar-refractivity contribution < 1.29 is 23.8 Å². The van der Waals surface area contributed by atoms with Crippen LogP contribution in [-0.2, 0) is 4.79 Å². The standard InChI is InChI=1S/C19H16O6/c1-19(2,18(21)22)25-13-8-9-14-15(10-13)23-11-16(17(14)20)24-12-6-4-3-5-7-12/h3-11H,1-2H3,(H,21,22). The van der Waals surface area contributed by atoms with Gasteiger partial charge in [0, 0.05) is 6.07 Å². The average Bonchev–Trinajstić information content (AvgIpc) is 2.58.